The first-order valence-corrected chi connectivity index (χ1v) is 6.20. The summed E-state index contributed by atoms with van der Waals surface area (Å²) in [5.74, 6) is -1.88. The molecule has 0 bridgehead atoms. The highest BCUT2D eigenvalue weighted by Crippen LogP contribution is 2.15. The molecule has 0 unspecified atom stereocenters. The van der Waals surface area contributed by atoms with Crippen LogP contribution in [0.5, 0.6) is 0 Å². The van der Waals surface area contributed by atoms with E-state index in [0.717, 1.165) is 5.56 Å². The number of hydrogen-bond acceptors (Lipinski definition) is 4. The van der Waals surface area contributed by atoms with Crippen LogP contribution in [0.4, 0.5) is 10.1 Å². The summed E-state index contributed by atoms with van der Waals surface area (Å²) in [7, 11) is 0. The minimum absolute atomic E-state index is 0.0499. The van der Waals surface area contributed by atoms with Crippen LogP contribution in [0.2, 0.25) is 0 Å². The number of ether oxygens (including phenoxy) is 1. The zero-order valence-electron chi connectivity index (χ0n) is 11.3. The second-order valence-corrected chi connectivity index (χ2v) is 4.32. The molecule has 2 rings (SSSR count). The average molecular weight is 288 g/mol. The topological polar surface area (TPSA) is 68.3 Å². The number of aryl methyl sites for hydroxylation is 1. The second-order valence-electron chi connectivity index (χ2n) is 4.32. The third-order valence-electron chi connectivity index (χ3n) is 2.60. The van der Waals surface area contributed by atoms with Gasteiger partial charge in [-0.3, -0.25) is 4.79 Å². The van der Waals surface area contributed by atoms with Crippen molar-refractivity contribution in [3.63, 3.8) is 0 Å². The van der Waals surface area contributed by atoms with Gasteiger partial charge in [0.05, 0.1) is 5.69 Å². The number of carbonyl (C=O) groups is 2. The first kappa shape index (κ1) is 14.6. The molecule has 0 aliphatic rings. The normalized spacial score (nSPS) is 10.0. The summed E-state index contributed by atoms with van der Waals surface area (Å²) in [5, 5.41) is 2.35. The Kier molecular flexibility index (Phi) is 4.61. The molecule has 0 saturated heterocycles. The first-order chi connectivity index (χ1) is 10.1. The van der Waals surface area contributed by atoms with Gasteiger partial charge >= 0.3 is 5.97 Å². The van der Waals surface area contributed by atoms with Crippen molar-refractivity contribution in [1.29, 1.82) is 0 Å². The zero-order valence-corrected chi connectivity index (χ0v) is 11.3. The summed E-state index contributed by atoms with van der Waals surface area (Å²) in [6.45, 7) is 1.26. The van der Waals surface area contributed by atoms with Crippen LogP contribution < -0.4 is 5.32 Å². The average Bonchev–Trinajstić information content (AvgIpc) is 2.49. The highest BCUT2D eigenvalue weighted by molar-refractivity contribution is 5.94. The lowest BCUT2D eigenvalue weighted by Crippen LogP contribution is -2.21. The van der Waals surface area contributed by atoms with Gasteiger partial charge in [-0.1, -0.05) is 12.1 Å². The van der Waals surface area contributed by atoms with Crippen molar-refractivity contribution in [2.75, 3.05) is 11.9 Å². The van der Waals surface area contributed by atoms with E-state index in [1.165, 1.54) is 24.4 Å². The predicted molar refractivity (Wildman–Crippen MR) is 74.3 cm³/mol. The van der Waals surface area contributed by atoms with E-state index in [2.05, 4.69) is 10.3 Å². The van der Waals surface area contributed by atoms with E-state index < -0.39 is 24.3 Å². The number of nitrogens with one attached hydrogen (secondary N) is 1. The van der Waals surface area contributed by atoms with Crippen molar-refractivity contribution in [2.45, 2.75) is 6.92 Å². The number of carbonyl (C=O) groups excluding carboxylic acids is 2. The number of rotatable bonds is 4. The minimum atomic E-state index is -0.713. The lowest BCUT2D eigenvalue weighted by molar-refractivity contribution is -0.119. The summed E-state index contributed by atoms with van der Waals surface area (Å²) < 4.78 is 18.3. The number of anilines is 1. The van der Waals surface area contributed by atoms with E-state index in [1.54, 1.807) is 25.1 Å². The quantitative estimate of drug-likeness (QED) is 0.877. The molecule has 0 aliphatic heterocycles. The predicted octanol–water partition coefficient (Wildman–Crippen LogP) is 2.32. The zero-order chi connectivity index (χ0) is 15.2. The maximum absolute atomic E-state index is 13.5. The van der Waals surface area contributed by atoms with Crippen LogP contribution in [0.25, 0.3) is 0 Å². The van der Waals surface area contributed by atoms with Crippen LogP contribution in [-0.4, -0.2) is 23.5 Å². The molecule has 1 N–H and O–H groups in total. The van der Waals surface area contributed by atoms with Crippen molar-refractivity contribution in [1.82, 2.24) is 4.98 Å². The Morgan fingerprint density at radius 1 is 1.29 bits per heavy atom. The van der Waals surface area contributed by atoms with Crippen molar-refractivity contribution in [3.05, 3.63) is 59.7 Å². The Morgan fingerprint density at radius 2 is 2.10 bits per heavy atom. The molecule has 21 heavy (non-hydrogen) atoms. The van der Waals surface area contributed by atoms with Gasteiger partial charge in [-0.15, -0.1) is 0 Å². The van der Waals surface area contributed by atoms with Crippen LogP contribution in [-0.2, 0) is 9.53 Å². The summed E-state index contributed by atoms with van der Waals surface area (Å²) in [5.41, 5.74) is 0.957. The van der Waals surface area contributed by atoms with Crippen molar-refractivity contribution in [2.24, 2.45) is 0 Å². The van der Waals surface area contributed by atoms with Gasteiger partial charge < -0.3 is 10.1 Å². The van der Waals surface area contributed by atoms with Crippen LogP contribution in [0.3, 0.4) is 0 Å². The number of benzene rings is 1. The highest BCUT2D eigenvalue weighted by atomic mass is 19.1. The fourth-order valence-electron chi connectivity index (χ4n) is 1.61. The van der Waals surface area contributed by atoms with Gasteiger partial charge in [-0.25, -0.2) is 14.2 Å². The van der Waals surface area contributed by atoms with E-state index in [9.17, 15) is 14.0 Å². The molecular formula is C15H13FN2O3. The molecular weight excluding hydrogens is 275 g/mol. The third kappa shape index (κ3) is 4.10. The van der Waals surface area contributed by atoms with Gasteiger partial charge in [0.25, 0.3) is 5.91 Å². The Labute approximate surface area is 120 Å². The van der Waals surface area contributed by atoms with Gasteiger partial charge in [0, 0.05) is 6.20 Å². The summed E-state index contributed by atoms with van der Waals surface area (Å²) in [6, 6.07) is 9.10. The number of pyridine rings is 1. The van der Waals surface area contributed by atoms with Crippen LogP contribution in [0, 0.1) is 12.7 Å². The summed E-state index contributed by atoms with van der Waals surface area (Å²) in [4.78, 5) is 27.0. The molecule has 5 nitrogen and oxygen atoms in total. The fraction of sp³-hybridized carbons (Fsp3) is 0.133. The maximum Gasteiger partial charge on any atom is 0.357 e. The number of amides is 1. The van der Waals surface area contributed by atoms with E-state index in [4.69, 9.17) is 4.74 Å². The van der Waals surface area contributed by atoms with Crippen molar-refractivity contribution < 1.29 is 18.7 Å². The minimum Gasteiger partial charge on any atom is -0.451 e. The molecule has 0 saturated carbocycles. The number of nitrogens with zero attached hydrogens (tertiary/aromatic N) is 1. The lowest BCUT2D eigenvalue weighted by atomic mass is 10.2. The Balaban J connectivity index is 1.91. The fourth-order valence-corrected chi connectivity index (χ4v) is 1.61. The summed E-state index contributed by atoms with van der Waals surface area (Å²) in [6.07, 6.45) is 1.44. The first-order valence-electron chi connectivity index (χ1n) is 6.20. The van der Waals surface area contributed by atoms with Crippen molar-refractivity contribution in [3.8, 4) is 0 Å². The van der Waals surface area contributed by atoms with Gasteiger partial charge in [0.1, 0.15) is 11.5 Å². The van der Waals surface area contributed by atoms with E-state index in [0.29, 0.717) is 0 Å². The molecule has 1 aromatic carbocycles. The monoisotopic (exact) mass is 288 g/mol. The Morgan fingerprint density at radius 3 is 2.81 bits per heavy atom. The molecule has 1 aromatic heterocycles. The van der Waals surface area contributed by atoms with Crippen LogP contribution in [0.15, 0.2) is 42.6 Å². The van der Waals surface area contributed by atoms with E-state index in [1.807, 2.05) is 0 Å². The maximum atomic E-state index is 13.5. The molecule has 1 amide bonds. The molecule has 2 aromatic rings. The molecule has 0 spiro atoms. The SMILES string of the molecule is Cc1ccc(F)c(NC(=O)COC(=O)c2ccccn2)c1. The van der Waals surface area contributed by atoms with Crippen LogP contribution in [0.1, 0.15) is 16.1 Å². The Bertz CT molecular complexity index is 659. The Hall–Kier alpha value is -2.76. The molecule has 0 aliphatic carbocycles. The van der Waals surface area contributed by atoms with Gasteiger partial charge in [-0.05, 0) is 36.8 Å². The smallest absolute Gasteiger partial charge is 0.357 e. The van der Waals surface area contributed by atoms with Crippen LogP contribution >= 0.6 is 0 Å². The number of esters is 1. The second kappa shape index (κ2) is 6.60. The van der Waals surface area contributed by atoms with Gasteiger partial charge in [0.2, 0.25) is 0 Å². The highest BCUT2D eigenvalue weighted by Gasteiger charge is 2.12. The summed E-state index contributed by atoms with van der Waals surface area (Å²) >= 11 is 0. The molecule has 6 heteroatoms. The van der Waals surface area contributed by atoms with Crippen molar-refractivity contribution >= 4 is 17.6 Å². The van der Waals surface area contributed by atoms with E-state index >= 15 is 0 Å². The lowest BCUT2D eigenvalue weighted by Gasteiger charge is -2.08. The van der Waals surface area contributed by atoms with E-state index in [-0.39, 0.29) is 11.4 Å². The molecule has 0 atom stereocenters. The third-order valence-corrected chi connectivity index (χ3v) is 2.60. The number of aromatic nitrogens is 1. The number of hydrogen-bond donors (Lipinski definition) is 1. The number of halogens is 1. The molecule has 0 radical (unpaired) electrons. The molecule has 0 fully saturated rings. The van der Waals surface area contributed by atoms with Gasteiger partial charge in [-0.2, -0.15) is 0 Å². The van der Waals surface area contributed by atoms with Gasteiger partial charge in [0.15, 0.2) is 6.61 Å². The largest absolute Gasteiger partial charge is 0.451 e. The molecule has 1 heterocycles. The molecule has 108 valence electrons. The standard InChI is InChI=1S/C15H13FN2O3/c1-10-5-6-11(16)13(8-10)18-14(19)9-21-15(20)12-4-2-3-7-17-12/h2-8H,9H2,1H3,(H,18,19).